The minimum atomic E-state index is -0.208. The normalized spacial score (nSPS) is 15.2. The van der Waals surface area contributed by atoms with Gasteiger partial charge in [0.05, 0.1) is 20.8 Å². The van der Waals surface area contributed by atoms with E-state index in [0.717, 1.165) is 17.7 Å². The highest BCUT2D eigenvalue weighted by Gasteiger charge is 2.24. The van der Waals surface area contributed by atoms with Crippen LogP contribution in [0.4, 0.5) is 0 Å². The van der Waals surface area contributed by atoms with E-state index in [4.69, 9.17) is 18.9 Å². The number of methoxy groups -OCH3 is 2. The zero-order chi connectivity index (χ0) is 20.6. The molecule has 1 amide bonds. The Morgan fingerprint density at radius 3 is 2.69 bits per heavy atom. The fourth-order valence-electron chi connectivity index (χ4n) is 3.20. The molecule has 1 atom stereocenters. The molecule has 0 fully saturated rings. The lowest BCUT2D eigenvalue weighted by molar-refractivity contribution is -0.127. The van der Waals surface area contributed by atoms with Crippen molar-refractivity contribution in [2.45, 2.75) is 19.4 Å². The molecule has 1 aliphatic rings. The lowest BCUT2D eigenvalue weighted by Crippen LogP contribution is -2.43. The second kappa shape index (κ2) is 9.87. The Kier molecular flexibility index (Phi) is 7.00. The van der Waals surface area contributed by atoms with Crippen LogP contribution in [0.25, 0.3) is 6.08 Å². The molecule has 0 bridgehead atoms. The Labute approximate surface area is 171 Å². The van der Waals surface area contributed by atoms with Gasteiger partial charge in [-0.1, -0.05) is 19.1 Å². The summed E-state index contributed by atoms with van der Waals surface area (Å²) in [6.45, 7) is 3.56. The number of carbonyl (C=O) groups excluding carboxylic acids is 1. The van der Waals surface area contributed by atoms with Gasteiger partial charge in [-0.3, -0.25) is 4.79 Å². The van der Waals surface area contributed by atoms with Gasteiger partial charge in [-0.25, -0.2) is 0 Å². The summed E-state index contributed by atoms with van der Waals surface area (Å²) in [5, 5.41) is 0. The molecule has 1 unspecified atom stereocenters. The van der Waals surface area contributed by atoms with Crippen molar-refractivity contribution in [1.29, 1.82) is 0 Å². The van der Waals surface area contributed by atoms with E-state index in [2.05, 4.69) is 0 Å². The topological polar surface area (TPSA) is 57.2 Å². The van der Waals surface area contributed by atoms with Crippen LogP contribution >= 0.6 is 0 Å². The molecule has 0 aliphatic carbocycles. The van der Waals surface area contributed by atoms with Gasteiger partial charge in [0.15, 0.2) is 17.6 Å². The standard InChI is InChI=1S/C23H27NO5/c1-4-13-24(15-19-16-28-21-7-5-6-8-22(21)29-19)23(25)12-9-17-14-18(26-2)10-11-20(17)27-3/h5-12,14,19H,4,13,15-16H2,1-3H3/b12-9+. The van der Waals surface area contributed by atoms with Gasteiger partial charge in [0, 0.05) is 18.2 Å². The smallest absolute Gasteiger partial charge is 0.246 e. The largest absolute Gasteiger partial charge is 0.497 e. The molecule has 2 aromatic carbocycles. The molecule has 6 nitrogen and oxygen atoms in total. The maximum absolute atomic E-state index is 12.9. The Morgan fingerprint density at radius 2 is 1.97 bits per heavy atom. The van der Waals surface area contributed by atoms with E-state index in [1.807, 2.05) is 49.4 Å². The van der Waals surface area contributed by atoms with E-state index in [1.54, 1.807) is 31.3 Å². The number of para-hydroxylation sites is 2. The van der Waals surface area contributed by atoms with Gasteiger partial charge in [-0.05, 0) is 42.8 Å². The molecule has 0 saturated carbocycles. The quantitative estimate of drug-likeness (QED) is 0.634. The predicted molar refractivity (Wildman–Crippen MR) is 112 cm³/mol. The molecule has 0 spiro atoms. The summed E-state index contributed by atoms with van der Waals surface area (Å²) in [4.78, 5) is 14.6. The van der Waals surface area contributed by atoms with E-state index in [9.17, 15) is 4.79 Å². The van der Waals surface area contributed by atoms with Gasteiger partial charge in [-0.2, -0.15) is 0 Å². The lowest BCUT2D eigenvalue weighted by Gasteiger charge is -2.30. The van der Waals surface area contributed by atoms with Crippen LogP contribution in [0, 0.1) is 0 Å². The molecule has 6 heteroatoms. The summed E-state index contributed by atoms with van der Waals surface area (Å²) in [6.07, 6.45) is 3.96. The molecule has 0 N–H and O–H groups in total. The van der Waals surface area contributed by atoms with Crippen LogP contribution in [0.15, 0.2) is 48.5 Å². The van der Waals surface area contributed by atoms with E-state index in [1.165, 1.54) is 0 Å². The minimum Gasteiger partial charge on any atom is -0.497 e. The predicted octanol–water partition coefficient (Wildman–Crippen LogP) is 3.80. The summed E-state index contributed by atoms with van der Waals surface area (Å²) in [6, 6.07) is 13.0. The van der Waals surface area contributed by atoms with Crippen molar-refractivity contribution in [2.24, 2.45) is 0 Å². The van der Waals surface area contributed by atoms with E-state index in [0.29, 0.717) is 36.9 Å². The van der Waals surface area contributed by atoms with Crippen molar-refractivity contribution in [3.63, 3.8) is 0 Å². The number of nitrogens with zero attached hydrogens (tertiary/aromatic N) is 1. The first-order chi connectivity index (χ1) is 14.1. The van der Waals surface area contributed by atoms with Crippen molar-refractivity contribution in [3.05, 3.63) is 54.1 Å². The monoisotopic (exact) mass is 397 g/mol. The number of carbonyl (C=O) groups is 1. The Bertz CT molecular complexity index is 864. The lowest BCUT2D eigenvalue weighted by atomic mass is 10.1. The molecular weight excluding hydrogens is 370 g/mol. The maximum atomic E-state index is 12.9. The third-order valence-corrected chi connectivity index (χ3v) is 4.64. The van der Waals surface area contributed by atoms with Crippen LogP contribution in [0.2, 0.25) is 0 Å². The molecule has 1 aliphatic heterocycles. The highest BCUT2D eigenvalue weighted by molar-refractivity contribution is 5.92. The fourth-order valence-corrected chi connectivity index (χ4v) is 3.20. The number of hydrogen-bond donors (Lipinski definition) is 0. The Morgan fingerprint density at radius 1 is 1.17 bits per heavy atom. The fraction of sp³-hybridized carbons (Fsp3) is 0.348. The zero-order valence-electron chi connectivity index (χ0n) is 17.1. The van der Waals surface area contributed by atoms with Crippen LogP contribution in [0.5, 0.6) is 23.0 Å². The van der Waals surface area contributed by atoms with Crippen LogP contribution in [0.3, 0.4) is 0 Å². The molecule has 3 rings (SSSR count). The van der Waals surface area contributed by atoms with Crippen molar-refractivity contribution in [1.82, 2.24) is 4.90 Å². The summed E-state index contributed by atoms with van der Waals surface area (Å²) in [5.74, 6) is 2.75. The molecule has 2 aromatic rings. The first-order valence-electron chi connectivity index (χ1n) is 9.72. The van der Waals surface area contributed by atoms with Gasteiger partial charge in [0.2, 0.25) is 5.91 Å². The molecule has 0 radical (unpaired) electrons. The SMILES string of the molecule is CCCN(CC1COc2ccccc2O1)C(=O)/C=C/c1cc(OC)ccc1OC. The average Bonchev–Trinajstić information content (AvgIpc) is 2.76. The summed E-state index contributed by atoms with van der Waals surface area (Å²) in [7, 11) is 3.20. The van der Waals surface area contributed by atoms with Crippen LogP contribution in [-0.2, 0) is 4.79 Å². The Balaban J connectivity index is 1.69. The van der Waals surface area contributed by atoms with Crippen molar-refractivity contribution in [2.75, 3.05) is 33.9 Å². The van der Waals surface area contributed by atoms with Gasteiger partial charge in [-0.15, -0.1) is 0 Å². The van der Waals surface area contributed by atoms with Gasteiger partial charge in [0.25, 0.3) is 0 Å². The Hall–Kier alpha value is -3.15. The second-order valence-electron chi connectivity index (χ2n) is 6.72. The minimum absolute atomic E-state index is 0.0841. The summed E-state index contributed by atoms with van der Waals surface area (Å²) < 4.78 is 22.4. The molecular formula is C23H27NO5. The molecule has 154 valence electrons. The molecule has 29 heavy (non-hydrogen) atoms. The molecule has 1 heterocycles. The highest BCUT2D eigenvalue weighted by atomic mass is 16.6. The van der Waals surface area contributed by atoms with Gasteiger partial charge in [0.1, 0.15) is 18.1 Å². The van der Waals surface area contributed by atoms with E-state index >= 15 is 0 Å². The van der Waals surface area contributed by atoms with Crippen molar-refractivity contribution in [3.8, 4) is 23.0 Å². The number of hydrogen-bond acceptors (Lipinski definition) is 5. The maximum Gasteiger partial charge on any atom is 0.246 e. The highest BCUT2D eigenvalue weighted by Crippen LogP contribution is 2.31. The van der Waals surface area contributed by atoms with Crippen molar-refractivity contribution >= 4 is 12.0 Å². The third-order valence-electron chi connectivity index (χ3n) is 4.64. The molecule has 0 aromatic heterocycles. The number of amides is 1. The van der Waals surface area contributed by atoms with Crippen LogP contribution < -0.4 is 18.9 Å². The van der Waals surface area contributed by atoms with Crippen LogP contribution in [0.1, 0.15) is 18.9 Å². The number of ether oxygens (including phenoxy) is 4. The summed E-state index contributed by atoms with van der Waals surface area (Å²) in [5.41, 5.74) is 0.780. The van der Waals surface area contributed by atoms with Gasteiger partial charge >= 0.3 is 0 Å². The number of fused-ring (bicyclic) bond motifs is 1. The van der Waals surface area contributed by atoms with Crippen LogP contribution in [-0.4, -0.2) is 50.8 Å². The van der Waals surface area contributed by atoms with Gasteiger partial charge < -0.3 is 23.8 Å². The second-order valence-corrected chi connectivity index (χ2v) is 6.72. The first-order valence-corrected chi connectivity index (χ1v) is 9.72. The first kappa shape index (κ1) is 20.6. The van der Waals surface area contributed by atoms with E-state index < -0.39 is 0 Å². The summed E-state index contributed by atoms with van der Waals surface area (Å²) >= 11 is 0. The zero-order valence-corrected chi connectivity index (χ0v) is 17.1. The van der Waals surface area contributed by atoms with Crippen molar-refractivity contribution < 1.29 is 23.7 Å². The molecule has 0 saturated heterocycles. The average molecular weight is 397 g/mol. The third kappa shape index (κ3) is 5.22. The number of benzene rings is 2. The number of rotatable bonds is 8. The van der Waals surface area contributed by atoms with E-state index in [-0.39, 0.29) is 12.0 Å².